The third-order valence-electron chi connectivity index (χ3n) is 2.96. The Labute approximate surface area is 120 Å². The molecule has 7 heteroatoms. The number of sulfonamides is 1. The van der Waals surface area contributed by atoms with Crippen LogP contribution < -0.4 is 4.72 Å². The first-order chi connectivity index (χ1) is 8.38. The molecule has 1 saturated carbocycles. The summed E-state index contributed by atoms with van der Waals surface area (Å²) in [5.74, 6) is 0.212. The van der Waals surface area contributed by atoms with Crippen LogP contribution in [-0.2, 0) is 10.0 Å². The molecular weight excluding hydrogens is 342 g/mol. The zero-order valence-corrected chi connectivity index (χ0v) is 12.6. The fourth-order valence-electron chi connectivity index (χ4n) is 1.87. The third kappa shape index (κ3) is 3.24. The third-order valence-corrected chi connectivity index (χ3v) is 5.36. The van der Waals surface area contributed by atoms with Crippen molar-refractivity contribution in [1.29, 1.82) is 0 Å². The van der Waals surface area contributed by atoms with Crippen molar-refractivity contribution in [3.05, 3.63) is 27.7 Å². The minimum absolute atomic E-state index is 0.0761. The highest BCUT2D eigenvalue weighted by atomic mass is 79.9. The molecule has 0 bridgehead atoms. The number of halogens is 2. The smallest absolute Gasteiger partial charge is 0.242 e. The molecule has 0 amide bonds. The summed E-state index contributed by atoms with van der Waals surface area (Å²) in [6.45, 7) is 0.339. The van der Waals surface area contributed by atoms with Gasteiger partial charge in [0.2, 0.25) is 10.0 Å². The van der Waals surface area contributed by atoms with Crippen LogP contribution in [0.3, 0.4) is 0 Å². The predicted molar refractivity (Wildman–Crippen MR) is 73.1 cm³/mol. The summed E-state index contributed by atoms with van der Waals surface area (Å²) in [5.41, 5.74) is 0. The van der Waals surface area contributed by atoms with E-state index in [1.54, 1.807) is 12.1 Å². The number of benzene rings is 1. The van der Waals surface area contributed by atoms with Gasteiger partial charge >= 0.3 is 0 Å². The Morgan fingerprint density at radius 2 is 2.11 bits per heavy atom. The van der Waals surface area contributed by atoms with E-state index in [4.69, 9.17) is 16.7 Å². The van der Waals surface area contributed by atoms with E-state index in [0.29, 0.717) is 19.4 Å². The average molecular weight is 355 g/mol. The standard InChI is InChI=1S/C11H13BrClNO3S/c12-8-1-2-11(10(13)5-8)18(16,17)14-6-7-3-9(15)4-7/h1-2,5,7,9,14-15H,3-4,6H2. The number of hydrogen-bond donors (Lipinski definition) is 2. The maximum atomic E-state index is 12.0. The Bertz CT molecular complexity index is 543. The Hall–Kier alpha value is -0.140. The van der Waals surface area contributed by atoms with Crippen LogP contribution in [0.15, 0.2) is 27.6 Å². The fraction of sp³-hybridized carbons (Fsp3) is 0.455. The molecule has 0 unspecified atom stereocenters. The Balaban J connectivity index is 2.06. The summed E-state index contributed by atoms with van der Waals surface area (Å²) in [6.07, 6.45) is 1.02. The van der Waals surface area contributed by atoms with Crippen LogP contribution in [0.25, 0.3) is 0 Å². The van der Waals surface area contributed by atoms with Gasteiger partial charge in [0.1, 0.15) is 4.90 Å². The van der Waals surface area contributed by atoms with Gasteiger partial charge in [0.25, 0.3) is 0 Å². The lowest BCUT2D eigenvalue weighted by Crippen LogP contribution is -2.38. The molecule has 0 atom stereocenters. The minimum Gasteiger partial charge on any atom is -0.393 e. The van der Waals surface area contributed by atoms with E-state index in [1.807, 2.05) is 0 Å². The monoisotopic (exact) mass is 353 g/mol. The highest BCUT2D eigenvalue weighted by Crippen LogP contribution is 2.28. The summed E-state index contributed by atoms with van der Waals surface area (Å²) in [6, 6.07) is 4.64. The Morgan fingerprint density at radius 1 is 1.44 bits per heavy atom. The van der Waals surface area contributed by atoms with E-state index in [-0.39, 0.29) is 21.9 Å². The molecule has 1 aromatic carbocycles. The zero-order chi connectivity index (χ0) is 13.3. The molecular formula is C11H13BrClNO3S. The van der Waals surface area contributed by atoms with Crippen molar-refractivity contribution < 1.29 is 13.5 Å². The van der Waals surface area contributed by atoms with Crippen LogP contribution in [0.2, 0.25) is 5.02 Å². The van der Waals surface area contributed by atoms with Crippen LogP contribution in [0.4, 0.5) is 0 Å². The number of rotatable bonds is 4. The highest BCUT2D eigenvalue weighted by Gasteiger charge is 2.28. The molecule has 1 aromatic rings. The van der Waals surface area contributed by atoms with E-state index >= 15 is 0 Å². The Morgan fingerprint density at radius 3 is 2.67 bits per heavy atom. The van der Waals surface area contributed by atoms with E-state index in [9.17, 15) is 8.42 Å². The van der Waals surface area contributed by atoms with Crippen LogP contribution in [0.5, 0.6) is 0 Å². The second kappa shape index (κ2) is 5.46. The second-order valence-corrected chi connectivity index (χ2v) is 7.48. The molecule has 4 nitrogen and oxygen atoms in total. The lowest BCUT2D eigenvalue weighted by atomic mass is 9.83. The van der Waals surface area contributed by atoms with Gasteiger partial charge in [-0.25, -0.2) is 13.1 Å². The molecule has 100 valence electrons. The summed E-state index contributed by atoms with van der Waals surface area (Å²) >= 11 is 9.14. The van der Waals surface area contributed by atoms with Gasteiger partial charge in [-0.15, -0.1) is 0 Å². The van der Waals surface area contributed by atoms with Gasteiger partial charge < -0.3 is 5.11 Å². The quantitative estimate of drug-likeness (QED) is 0.870. The van der Waals surface area contributed by atoms with Crippen LogP contribution in [-0.4, -0.2) is 26.2 Å². The summed E-state index contributed by atoms with van der Waals surface area (Å²) in [4.78, 5) is 0.0761. The second-order valence-electron chi connectivity index (χ2n) is 4.42. The molecule has 1 aliphatic rings. The minimum atomic E-state index is -3.58. The lowest BCUT2D eigenvalue weighted by molar-refractivity contribution is 0.0453. The first-order valence-electron chi connectivity index (χ1n) is 5.51. The number of aliphatic hydroxyl groups is 1. The molecule has 0 aliphatic heterocycles. The van der Waals surface area contributed by atoms with Crippen LogP contribution in [0.1, 0.15) is 12.8 Å². The summed E-state index contributed by atoms with van der Waals surface area (Å²) in [5, 5.41) is 9.32. The summed E-state index contributed by atoms with van der Waals surface area (Å²) < 4.78 is 27.3. The predicted octanol–water partition coefficient (Wildman–Crippen LogP) is 2.15. The molecule has 0 saturated heterocycles. The SMILES string of the molecule is O=S(=O)(NCC1CC(O)C1)c1ccc(Br)cc1Cl. The van der Waals surface area contributed by atoms with Crippen molar-refractivity contribution in [3.8, 4) is 0 Å². The van der Waals surface area contributed by atoms with Gasteiger partial charge in [0, 0.05) is 11.0 Å². The van der Waals surface area contributed by atoms with Crippen LogP contribution >= 0.6 is 27.5 Å². The number of aliphatic hydroxyl groups excluding tert-OH is 1. The molecule has 1 aliphatic carbocycles. The number of hydrogen-bond acceptors (Lipinski definition) is 3. The van der Waals surface area contributed by atoms with Gasteiger partial charge in [-0.1, -0.05) is 27.5 Å². The molecule has 18 heavy (non-hydrogen) atoms. The van der Waals surface area contributed by atoms with Crippen molar-refractivity contribution in [2.45, 2.75) is 23.8 Å². The number of nitrogens with one attached hydrogen (secondary N) is 1. The maximum Gasteiger partial charge on any atom is 0.242 e. The van der Waals surface area contributed by atoms with Crippen molar-refractivity contribution in [1.82, 2.24) is 4.72 Å². The molecule has 2 N–H and O–H groups in total. The molecule has 0 heterocycles. The van der Waals surface area contributed by atoms with Crippen molar-refractivity contribution in [2.24, 2.45) is 5.92 Å². The lowest BCUT2D eigenvalue weighted by Gasteiger charge is -2.31. The normalized spacial score (nSPS) is 23.7. The first kappa shape index (κ1) is 14.3. The highest BCUT2D eigenvalue weighted by molar-refractivity contribution is 9.10. The van der Waals surface area contributed by atoms with E-state index in [2.05, 4.69) is 20.7 Å². The average Bonchev–Trinajstić information content (AvgIpc) is 2.22. The van der Waals surface area contributed by atoms with E-state index < -0.39 is 10.0 Å². The zero-order valence-electron chi connectivity index (χ0n) is 9.44. The topological polar surface area (TPSA) is 66.4 Å². The largest absolute Gasteiger partial charge is 0.393 e. The van der Waals surface area contributed by atoms with Gasteiger partial charge in [-0.2, -0.15) is 0 Å². The van der Waals surface area contributed by atoms with Crippen molar-refractivity contribution in [3.63, 3.8) is 0 Å². The molecule has 0 aromatic heterocycles. The van der Waals surface area contributed by atoms with Crippen molar-refractivity contribution in [2.75, 3.05) is 6.54 Å². The molecule has 0 radical (unpaired) electrons. The van der Waals surface area contributed by atoms with E-state index in [0.717, 1.165) is 4.47 Å². The van der Waals surface area contributed by atoms with Gasteiger partial charge in [-0.3, -0.25) is 0 Å². The fourth-order valence-corrected chi connectivity index (χ4v) is 4.02. The summed E-state index contributed by atoms with van der Waals surface area (Å²) in [7, 11) is -3.58. The molecule has 0 spiro atoms. The maximum absolute atomic E-state index is 12.0. The van der Waals surface area contributed by atoms with Crippen molar-refractivity contribution >= 4 is 37.6 Å². The molecule has 1 fully saturated rings. The van der Waals surface area contributed by atoms with Gasteiger partial charge in [0.15, 0.2) is 0 Å². The van der Waals surface area contributed by atoms with E-state index in [1.165, 1.54) is 6.07 Å². The molecule has 2 rings (SSSR count). The van der Waals surface area contributed by atoms with Gasteiger partial charge in [-0.05, 0) is 37.0 Å². The first-order valence-corrected chi connectivity index (χ1v) is 8.16. The Kier molecular flexibility index (Phi) is 4.33. The van der Waals surface area contributed by atoms with Gasteiger partial charge in [0.05, 0.1) is 11.1 Å². The van der Waals surface area contributed by atoms with Crippen LogP contribution in [0, 0.1) is 5.92 Å².